The lowest BCUT2D eigenvalue weighted by atomic mass is 10.3. The second kappa shape index (κ2) is 6.58. The Morgan fingerprint density at radius 1 is 1.29 bits per heavy atom. The molecule has 0 aliphatic heterocycles. The summed E-state index contributed by atoms with van der Waals surface area (Å²) >= 11 is 24.8. The number of rotatable bonds is 1. The van der Waals surface area contributed by atoms with Crippen molar-refractivity contribution < 1.29 is 0 Å². The van der Waals surface area contributed by atoms with Crippen molar-refractivity contribution in [1.82, 2.24) is 5.32 Å². The number of hydrogen-bond acceptors (Lipinski definition) is 3. The predicted octanol–water partition coefficient (Wildman–Crippen LogP) is 4.72. The van der Waals surface area contributed by atoms with Gasteiger partial charge in [-0.2, -0.15) is 5.26 Å². The summed E-state index contributed by atoms with van der Waals surface area (Å²) in [6, 6.07) is 1.44. The van der Waals surface area contributed by atoms with E-state index in [4.69, 9.17) is 51.7 Å². The van der Waals surface area contributed by atoms with Crippen LogP contribution in [0.15, 0.2) is 11.1 Å². The first-order chi connectivity index (χ1) is 8.01. The lowest BCUT2D eigenvalue weighted by Gasteiger charge is -2.07. The van der Waals surface area contributed by atoms with Gasteiger partial charge in [0, 0.05) is 0 Å². The Balaban J connectivity index is 3.33. The van der Waals surface area contributed by atoms with Gasteiger partial charge in [0.05, 0.1) is 20.1 Å². The summed E-state index contributed by atoms with van der Waals surface area (Å²) in [5.74, 6) is 0. The Morgan fingerprint density at radius 3 is 2.47 bits per heavy atom. The maximum atomic E-state index is 8.51. The third-order valence-corrected chi connectivity index (χ3v) is 3.78. The van der Waals surface area contributed by atoms with Crippen LogP contribution in [0.2, 0.25) is 20.1 Å². The minimum atomic E-state index is 0.149. The van der Waals surface area contributed by atoms with Gasteiger partial charge in [0.1, 0.15) is 5.69 Å². The first kappa shape index (κ1) is 14.7. The molecule has 0 bridgehead atoms. The number of halogens is 4. The van der Waals surface area contributed by atoms with E-state index in [1.54, 1.807) is 12.4 Å². The molecule has 1 rings (SSSR count). The molecule has 0 amide bonds. The molecule has 0 radical (unpaired) electrons. The van der Waals surface area contributed by atoms with Gasteiger partial charge < -0.3 is 0 Å². The molecule has 0 unspecified atom stereocenters. The third-order valence-electron chi connectivity index (χ3n) is 1.66. The van der Waals surface area contributed by atoms with E-state index < -0.39 is 0 Å². The molecular weight excluding hydrogens is 324 g/mol. The fourth-order valence-corrected chi connectivity index (χ4v) is 2.26. The second-order valence-corrected chi connectivity index (χ2v) is 5.04. The molecule has 1 aromatic carbocycles. The molecule has 0 aliphatic carbocycles. The van der Waals surface area contributed by atoms with Crippen LogP contribution in [0.25, 0.3) is 0 Å². The Morgan fingerprint density at radius 2 is 1.94 bits per heavy atom. The van der Waals surface area contributed by atoms with Crippen LogP contribution < -0.4 is 5.32 Å². The number of nitriles is 1. The molecule has 0 saturated heterocycles. The third kappa shape index (κ3) is 3.57. The molecule has 0 atom stereocenters. The van der Waals surface area contributed by atoms with E-state index in [1.807, 2.05) is 0 Å². The fourth-order valence-electron chi connectivity index (χ4n) is 0.933. The number of nitrogens with one attached hydrogen (secondary N) is 1. The van der Waals surface area contributed by atoms with E-state index in [0.717, 1.165) is 0 Å². The molecule has 1 aromatic rings. The van der Waals surface area contributed by atoms with Gasteiger partial charge in [-0.3, -0.25) is 5.32 Å². The smallest absolute Gasteiger partial charge is 0.183 e. The van der Waals surface area contributed by atoms with Crippen molar-refractivity contribution >= 4 is 69.0 Å². The quantitative estimate of drug-likeness (QED) is 0.202. The molecular formula is C9H5Cl4N3S. The van der Waals surface area contributed by atoms with Crippen LogP contribution in [0.3, 0.4) is 0 Å². The van der Waals surface area contributed by atoms with Crippen molar-refractivity contribution in [3.8, 4) is 6.19 Å². The van der Waals surface area contributed by atoms with Gasteiger partial charge in [-0.15, -0.1) is 0 Å². The van der Waals surface area contributed by atoms with Crippen molar-refractivity contribution in [3.05, 3.63) is 26.2 Å². The molecule has 8 heteroatoms. The molecule has 0 fully saturated rings. The summed E-state index contributed by atoms with van der Waals surface area (Å²) < 4.78 is 0. The second-order valence-electron chi connectivity index (χ2n) is 2.67. The van der Waals surface area contributed by atoms with Crippen molar-refractivity contribution in [1.29, 1.82) is 5.26 Å². The molecule has 0 spiro atoms. The van der Waals surface area contributed by atoms with Crippen LogP contribution in [-0.2, 0) is 0 Å². The van der Waals surface area contributed by atoms with Gasteiger partial charge in [-0.25, -0.2) is 4.99 Å². The lowest BCUT2D eigenvalue weighted by molar-refractivity contribution is 1.28. The summed E-state index contributed by atoms with van der Waals surface area (Å²) in [6.45, 7) is 0. The maximum absolute atomic E-state index is 8.51. The van der Waals surface area contributed by atoms with Crippen molar-refractivity contribution in [3.63, 3.8) is 0 Å². The van der Waals surface area contributed by atoms with E-state index in [9.17, 15) is 0 Å². The lowest BCUT2D eigenvalue weighted by Crippen LogP contribution is -2.12. The fraction of sp³-hybridized carbons (Fsp3) is 0.111. The van der Waals surface area contributed by atoms with Gasteiger partial charge in [0.2, 0.25) is 0 Å². The number of benzene rings is 1. The summed E-state index contributed by atoms with van der Waals surface area (Å²) in [4.78, 5) is 4.11. The molecule has 17 heavy (non-hydrogen) atoms. The highest BCUT2D eigenvalue weighted by Gasteiger charge is 2.14. The zero-order chi connectivity index (χ0) is 13.0. The number of thioether (sulfide) groups is 1. The van der Waals surface area contributed by atoms with E-state index in [2.05, 4.69) is 10.3 Å². The molecule has 90 valence electrons. The predicted molar refractivity (Wildman–Crippen MR) is 75.8 cm³/mol. The standard InChI is InChI=1S/C9H5Cl4N3S/c1-17-9(15-3-14)16-8-5(11)2-4(10)6(12)7(8)13/h2H,1H3,(H,15,16). The highest BCUT2D eigenvalue weighted by atomic mass is 35.5. The number of amidine groups is 1. The first-order valence-electron chi connectivity index (χ1n) is 4.12. The normalized spacial score (nSPS) is 11.2. The maximum Gasteiger partial charge on any atom is 0.183 e. The van der Waals surface area contributed by atoms with Crippen LogP contribution in [0.1, 0.15) is 0 Å². The van der Waals surface area contributed by atoms with E-state index in [1.165, 1.54) is 17.8 Å². The van der Waals surface area contributed by atoms with Gasteiger partial charge in [0.15, 0.2) is 11.4 Å². The summed E-state index contributed by atoms with van der Waals surface area (Å²) in [7, 11) is 0. The summed E-state index contributed by atoms with van der Waals surface area (Å²) in [6.07, 6.45) is 3.51. The van der Waals surface area contributed by atoms with Crippen molar-refractivity contribution in [2.45, 2.75) is 0 Å². The van der Waals surface area contributed by atoms with Crippen molar-refractivity contribution in [2.75, 3.05) is 6.26 Å². The van der Waals surface area contributed by atoms with Crippen LogP contribution in [-0.4, -0.2) is 11.4 Å². The number of aliphatic imine (C=N–C) groups is 1. The molecule has 0 aliphatic rings. The molecule has 0 aromatic heterocycles. The average molecular weight is 329 g/mol. The van der Waals surface area contributed by atoms with E-state index in [-0.39, 0.29) is 25.8 Å². The van der Waals surface area contributed by atoms with Gasteiger partial charge in [0.25, 0.3) is 0 Å². The van der Waals surface area contributed by atoms with Gasteiger partial charge in [-0.05, 0) is 12.3 Å². The van der Waals surface area contributed by atoms with Crippen molar-refractivity contribution in [2.24, 2.45) is 4.99 Å². The highest BCUT2D eigenvalue weighted by molar-refractivity contribution is 8.13. The summed E-state index contributed by atoms with van der Waals surface area (Å²) in [5, 5.41) is 12.1. The summed E-state index contributed by atoms with van der Waals surface area (Å²) in [5.41, 5.74) is 0.273. The minimum absolute atomic E-state index is 0.149. The Labute approximate surface area is 123 Å². The van der Waals surface area contributed by atoms with Crippen LogP contribution >= 0.6 is 58.2 Å². The Bertz CT molecular complexity index is 510. The highest BCUT2D eigenvalue weighted by Crippen LogP contribution is 2.42. The zero-order valence-corrected chi connectivity index (χ0v) is 12.2. The zero-order valence-electron chi connectivity index (χ0n) is 8.39. The number of nitrogens with zero attached hydrogens (tertiary/aromatic N) is 2. The van der Waals surface area contributed by atoms with E-state index in [0.29, 0.717) is 5.17 Å². The number of hydrogen-bond donors (Lipinski definition) is 1. The van der Waals surface area contributed by atoms with Gasteiger partial charge in [-0.1, -0.05) is 58.2 Å². The average Bonchev–Trinajstić information content (AvgIpc) is 2.30. The SMILES string of the molecule is CSC(=Nc1c(Cl)cc(Cl)c(Cl)c1Cl)NC#N. The topological polar surface area (TPSA) is 48.2 Å². The first-order valence-corrected chi connectivity index (χ1v) is 6.85. The Kier molecular flexibility index (Phi) is 5.71. The molecule has 3 nitrogen and oxygen atoms in total. The molecule has 0 heterocycles. The Hall–Kier alpha value is -0.310. The monoisotopic (exact) mass is 327 g/mol. The van der Waals surface area contributed by atoms with E-state index >= 15 is 0 Å². The van der Waals surface area contributed by atoms with Crippen LogP contribution in [0.4, 0.5) is 5.69 Å². The van der Waals surface area contributed by atoms with Crippen LogP contribution in [0.5, 0.6) is 0 Å². The molecule has 1 N–H and O–H groups in total. The minimum Gasteiger partial charge on any atom is -0.271 e. The molecule has 0 saturated carbocycles. The van der Waals surface area contributed by atoms with Gasteiger partial charge >= 0.3 is 0 Å². The largest absolute Gasteiger partial charge is 0.271 e. The van der Waals surface area contributed by atoms with Crippen LogP contribution in [0, 0.1) is 11.5 Å².